The number of ether oxygens (including phenoxy) is 3. The van der Waals surface area contributed by atoms with Gasteiger partial charge in [0.25, 0.3) is 5.91 Å². The average Bonchev–Trinajstić information content (AvgIpc) is 3.09. The van der Waals surface area contributed by atoms with Crippen molar-refractivity contribution in [3.05, 3.63) is 59.4 Å². The smallest absolute Gasteiger partial charge is 0.339 e. The lowest BCUT2D eigenvalue weighted by Crippen LogP contribution is -2.37. The molecule has 0 saturated heterocycles. The normalized spacial score (nSPS) is 14.4. The van der Waals surface area contributed by atoms with Crippen LogP contribution in [-0.4, -0.2) is 24.8 Å². The topological polar surface area (TPSA) is 73.9 Å². The van der Waals surface area contributed by atoms with Gasteiger partial charge in [0, 0.05) is 0 Å². The van der Waals surface area contributed by atoms with Crippen molar-refractivity contribution in [1.29, 1.82) is 0 Å². The molecule has 0 saturated carbocycles. The Morgan fingerprint density at radius 3 is 2.50 bits per heavy atom. The van der Waals surface area contributed by atoms with E-state index in [2.05, 4.69) is 5.32 Å². The highest BCUT2D eigenvalue weighted by atomic mass is 19.1. The number of halogens is 1. The number of amides is 1. The molecule has 2 atom stereocenters. The van der Waals surface area contributed by atoms with Gasteiger partial charge in [-0.05, 0) is 49.7 Å². The summed E-state index contributed by atoms with van der Waals surface area (Å²) >= 11 is 0. The summed E-state index contributed by atoms with van der Waals surface area (Å²) in [6.45, 7) is 3.35. The number of fused-ring (bicyclic) bond motifs is 1. The van der Waals surface area contributed by atoms with E-state index < -0.39 is 18.0 Å². The summed E-state index contributed by atoms with van der Waals surface area (Å²) in [7, 11) is 0. The number of carbonyl (C=O) groups excluding carboxylic acids is 2. The molecular weight excluding hydrogens is 341 g/mol. The van der Waals surface area contributed by atoms with Crippen molar-refractivity contribution in [3.8, 4) is 11.5 Å². The van der Waals surface area contributed by atoms with Crippen LogP contribution >= 0.6 is 0 Å². The van der Waals surface area contributed by atoms with Crippen LogP contribution in [0.2, 0.25) is 0 Å². The number of esters is 1. The van der Waals surface area contributed by atoms with Crippen molar-refractivity contribution < 1.29 is 28.2 Å². The highest BCUT2D eigenvalue weighted by Gasteiger charge is 2.22. The Balaban J connectivity index is 1.58. The maximum atomic E-state index is 13.0. The standard InChI is InChI=1S/C19H18FNO5/c1-11(13-3-6-15(20)7-4-13)21-18(22)12(2)26-19(23)14-5-8-16-17(9-14)25-10-24-16/h3-9,11-12H,10H2,1-2H3,(H,21,22)/t11-,12-/m0/s1. The highest BCUT2D eigenvalue weighted by Crippen LogP contribution is 2.32. The van der Waals surface area contributed by atoms with E-state index in [1.807, 2.05) is 0 Å². The molecule has 2 aromatic carbocycles. The Hall–Kier alpha value is -3.09. The lowest BCUT2D eigenvalue weighted by atomic mass is 10.1. The summed E-state index contributed by atoms with van der Waals surface area (Å²) in [5.41, 5.74) is 1.01. The highest BCUT2D eigenvalue weighted by molar-refractivity contribution is 5.93. The van der Waals surface area contributed by atoms with Gasteiger partial charge in [-0.2, -0.15) is 0 Å². The number of rotatable bonds is 5. The summed E-state index contributed by atoms with van der Waals surface area (Å²) in [5.74, 6) is -0.420. The van der Waals surface area contributed by atoms with Crippen LogP contribution in [0.15, 0.2) is 42.5 Å². The fourth-order valence-electron chi connectivity index (χ4n) is 2.47. The minimum atomic E-state index is -0.990. The molecule has 3 rings (SSSR count). The van der Waals surface area contributed by atoms with E-state index in [-0.39, 0.29) is 24.2 Å². The molecule has 0 bridgehead atoms. The lowest BCUT2D eigenvalue weighted by molar-refractivity contribution is -0.129. The fourth-order valence-corrected chi connectivity index (χ4v) is 2.47. The minimum absolute atomic E-state index is 0.105. The molecule has 0 aromatic heterocycles. The third-order valence-electron chi connectivity index (χ3n) is 3.99. The quantitative estimate of drug-likeness (QED) is 0.831. The van der Waals surface area contributed by atoms with Crippen LogP contribution < -0.4 is 14.8 Å². The first kappa shape index (κ1) is 17.7. The fraction of sp³-hybridized carbons (Fsp3) is 0.263. The molecule has 136 valence electrons. The zero-order valence-electron chi connectivity index (χ0n) is 14.3. The first-order valence-electron chi connectivity index (χ1n) is 8.10. The van der Waals surface area contributed by atoms with Gasteiger partial charge in [0.1, 0.15) is 5.82 Å². The minimum Gasteiger partial charge on any atom is -0.454 e. The molecule has 0 spiro atoms. The van der Waals surface area contributed by atoms with Gasteiger partial charge in [-0.25, -0.2) is 9.18 Å². The van der Waals surface area contributed by atoms with Crippen LogP contribution in [0.5, 0.6) is 11.5 Å². The van der Waals surface area contributed by atoms with E-state index in [4.69, 9.17) is 14.2 Å². The summed E-state index contributed by atoms with van der Waals surface area (Å²) in [6.07, 6.45) is -0.990. The van der Waals surface area contributed by atoms with Crippen molar-refractivity contribution in [2.45, 2.75) is 26.0 Å². The Kier molecular flexibility index (Phi) is 5.06. The monoisotopic (exact) mass is 359 g/mol. The molecule has 0 unspecified atom stereocenters. The van der Waals surface area contributed by atoms with Gasteiger partial charge in [-0.1, -0.05) is 12.1 Å². The molecule has 1 aliphatic rings. The molecular formula is C19H18FNO5. The van der Waals surface area contributed by atoms with Gasteiger partial charge in [-0.15, -0.1) is 0 Å². The zero-order chi connectivity index (χ0) is 18.7. The first-order chi connectivity index (χ1) is 12.4. The SMILES string of the molecule is C[C@H](OC(=O)c1ccc2c(c1)OCO2)C(=O)N[C@@H](C)c1ccc(F)cc1. The molecule has 2 aromatic rings. The molecule has 1 heterocycles. The van der Waals surface area contributed by atoms with Crippen molar-refractivity contribution in [1.82, 2.24) is 5.32 Å². The maximum absolute atomic E-state index is 13.0. The third kappa shape index (κ3) is 3.93. The van der Waals surface area contributed by atoms with Crippen LogP contribution in [-0.2, 0) is 9.53 Å². The largest absolute Gasteiger partial charge is 0.454 e. The molecule has 7 heteroatoms. The molecule has 0 fully saturated rings. The summed E-state index contributed by atoms with van der Waals surface area (Å²) in [5, 5.41) is 2.73. The second-order valence-corrected chi connectivity index (χ2v) is 5.90. The Bertz CT molecular complexity index is 821. The van der Waals surface area contributed by atoms with E-state index in [0.29, 0.717) is 11.5 Å². The number of hydrogen-bond acceptors (Lipinski definition) is 5. The van der Waals surface area contributed by atoms with E-state index >= 15 is 0 Å². The number of nitrogens with one attached hydrogen (secondary N) is 1. The summed E-state index contributed by atoms with van der Waals surface area (Å²) in [4.78, 5) is 24.5. The Morgan fingerprint density at radius 1 is 1.08 bits per heavy atom. The van der Waals surface area contributed by atoms with Gasteiger partial charge in [-0.3, -0.25) is 4.79 Å². The molecule has 1 N–H and O–H groups in total. The van der Waals surface area contributed by atoms with E-state index in [9.17, 15) is 14.0 Å². The Labute approximate surface area is 149 Å². The number of benzene rings is 2. The van der Waals surface area contributed by atoms with Gasteiger partial charge in [0.05, 0.1) is 11.6 Å². The third-order valence-corrected chi connectivity index (χ3v) is 3.99. The van der Waals surface area contributed by atoms with Gasteiger partial charge < -0.3 is 19.5 Å². The predicted octanol–water partition coefficient (Wildman–Crippen LogP) is 2.98. The summed E-state index contributed by atoms with van der Waals surface area (Å²) in [6, 6.07) is 10.1. The number of hydrogen-bond donors (Lipinski definition) is 1. The molecule has 6 nitrogen and oxygen atoms in total. The van der Waals surface area contributed by atoms with Crippen molar-refractivity contribution in [3.63, 3.8) is 0 Å². The second-order valence-electron chi connectivity index (χ2n) is 5.90. The van der Waals surface area contributed by atoms with Crippen LogP contribution in [0.4, 0.5) is 4.39 Å². The maximum Gasteiger partial charge on any atom is 0.339 e. The van der Waals surface area contributed by atoms with Crippen LogP contribution in [0, 0.1) is 5.82 Å². The average molecular weight is 359 g/mol. The number of carbonyl (C=O) groups is 2. The predicted molar refractivity (Wildman–Crippen MR) is 90.4 cm³/mol. The van der Waals surface area contributed by atoms with Crippen LogP contribution in [0.3, 0.4) is 0 Å². The van der Waals surface area contributed by atoms with Crippen LogP contribution in [0.1, 0.15) is 35.8 Å². The van der Waals surface area contributed by atoms with Gasteiger partial charge >= 0.3 is 5.97 Å². The second kappa shape index (κ2) is 7.43. The molecule has 0 radical (unpaired) electrons. The van der Waals surface area contributed by atoms with E-state index in [1.54, 1.807) is 31.2 Å². The van der Waals surface area contributed by atoms with Gasteiger partial charge in [0.15, 0.2) is 17.6 Å². The molecule has 1 aliphatic heterocycles. The Morgan fingerprint density at radius 2 is 1.77 bits per heavy atom. The zero-order valence-corrected chi connectivity index (χ0v) is 14.3. The van der Waals surface area contributed by atoms with Gasteiger partial charge in [0.2, 0.25) is 6.79 Å². The van der Waals surface area contributed by atoms with E-state index in [0.717, 1.165) is 5.56 Å². The first-order valence-corrected chi connectivity index (χ1v) is 8.10. The molecule has 26 heavy (non-hydrogen) atoms. The van der Waals surface area contributed by atoms with Crippen molar-refractivity contribution >= 4 is 11.9 Å². The lowest BCUT2D eigenvalue weighted by Gasteiger charge is -2.18. The van der Waals surface area contributed by atoms with Crippen molar-refractivity contribution in [2.24, 2.45) is 0 Å². The van der Waals surface area contributed by atoms with Crippen LogP contribution in [0.25, 0.3) is 0 Å². The molecule has 0 aliphatic carbocycles. The van der Waals surface area contributed by atoms with Crippen molar-refractivity contribution in [2.75, 3.05) is 6.79 Å². The van der Waals surface area contributed by atoms with E-state index in [1.165, 1.54) is 25.1 Å². The molecule has 1 amide bonds. The summed E-state index contributed by atoms with van der Waals surface area (Å²) < 4.78 is 28.6.